The van der Waals surface area contributed by atoms with Gasteiger partial charge in [0.15, 0.2) is 0 Å². The van der Waals surface area contributed by atoms with Crippen molar-refractivity contribution in [1.82, 2.24) is 0 Å². The number of hydrogen-bond donors (Lipinski definition) is 4. The van der Waals surface area contributed by atoms with Crippen LogP contribution in [0, 0.1) is 49.4 Å². The normalized spacial score (nSPS) is 10.4. The summed E-state index contributed by atoms with van der Waals surface area (Å²) in [4.78, 5) is 0. The second-order valence-corrected chi connectivity index (χ2v) is 10.3. The van der Waals surface area contributed by atoms with E-state index >= 15 is 0 Å². The Hall–Kier alpha value is -7.12. The van der Waals surface area contributed by atoms with E-state index in [1.807, 2.05) is 36.4 Å². The van der Waals surface area contributed by atoms with Gasteiger partial charge in [-0.25, -0.2) is 0 Å². The Kier molecular flexibility index (Phi) is 7.26. The molecule has 6 N–H and O–H groups in total. The van der Waals surface area contributed by atoms with Gasteiger partial charge in [-0.2, -0.15) is 0 Å². The van der Waals surface area contributed by atoms with E-state index in [0.717, 1.165) is 10.8 Å². The molecule has 0 atom stereocenters. The first-order chi connectivity index (χ1) is 22.2. The highest BCUT2D eigenvalue weighted by atomic mass is 16.5. The summed E-state index contributed by atoms with van der Waals surface area (Å²) in [6, 6.07) is 23.8. The molecule has 0 saturated carbocycles. The van der Waals surface area contributed by atoms with Crippen molar-refractivity contribution in [3.63, 3.8) is 0 Å². The fraction of sp³-hybridized carbons (Fsp3) is 0. The average molecular weight is 597 g/mol. The number of nitrogens with two attached hydrogens (primary N) is 2. The maximum atomic E-state index is 10.3. The standard InChI is InChI=1S/C40H24N2O4/c1-5-23-17-27-9-15-37(45-29-11-13-33(41)35(43)21-29)39(31(27)19-25(23)7-3)40-32-20-26(8-4)24(6-2)18-28(32)10-16-38(40)46-30-12-14-34(42)36(44)22-30/h1-4,9-22,43-44H,41-42H2. The molecule has 0 spiro atoms. The highest BCUT2D eigenvalue weighted by Gasteiger charge is 2.22. The highest BCUT2D eigenvalue weighted by molar-refractivity contribution is 6.11. The number of benzene rings is 6. The molecule has 6 heteroatoms. The lowest BCUT2D eigenvalue weighted by atomic mass is 9.89. The predicted molar refractivity (Wildman–Crippen MR) is 184 cm³/mol. The number of hydrogen-bond acceptors (Lipinski definition) is 6. The van der Waals surface area contributed by atoms with E-state index in [1.165, 1.54) is 12.1 Å². The third-order valence-corrected chi connectivity index (χ3v) is 7.57. The zero-order chi connectivity index (χ0) is 32.5. The number of rotatable bonds is 5. The Morgan fingerprint density at radius 2 is 0.848 bits per heavy atom. The molecule has 0 saturated heterocycles. The third kappa shape index (κ3) is 5.06. The number of nitrogen functional groups attached to an aromatic ring is 2. The fourth-order valence-electron chi connectivity index (χ4n) is 5.30. The highest BCUT2D eigenvalue weighted by Crippen LogP contribution is 2.49. The van der Waals surface area contributed by atoms with E-state index in [-0.39, 0.29) is 22.9 Å². The largest absolute Gasteiger partial charge is 0.506 e. The Morgan fingerprint density at radius 3 is 1.20 bits per heavy atom. The number of anilines is 2. The van der Waals surface area contributed by atoms with Gasteiger partial charge in [-0.3, -0.25) is 0 Å². The number of phenolic OH excluding ortho intramolecular Hbond substituents is 2. The molecule has 0 unspecified atom stereocenters. The third-order valence-electron chi connectivity index (χ3n) is 7.57. The summed E-state index contributed by atoms with van der Waals surface area (Å²) < 4.78 is 12.9. The molecule has 0 bridgehead atoms. The Bertz CT molecular complexity index is 2240. The van der Waals surface area contributed by atoms with Crippen molar-refractivity contribution < 1.29 is 19.7 Å². The average Bonchev–Trinajstić information content (AvgIpc) is 3.06. The van der Waals surface area contributed by atoms with E-state index in [4.69, 9.17) is 46.6 Å². The zero-order valence-corrected chi connectivity index (χ0v) is 24.3. The molecule has 6 rings (SSSR count). The number of ether oxygens (including phenoxy) is 2. The van der Waals surface area contributed by atoms with Crippen LogP contribution >= 0.6 is 0 Å². The Labute approximate surface area is 265 Å². The van der Waals surface area contributed by atoms with Crippen LogP contribution in [0.15, 0.2) is 84.9 Å². The van der Waals surface area contributed by atoms with E-state index in [0.29, 0.717) is 67.2 Å². The van der Waals surface area contributed by atoms with Crippen molar-refractivity contribution in [2.45, 2.75) is 0 Å². The van der Waals surface area contributed by atoms with E-state index in [1.54, 1.807) is 36.4 Å². The minimum Gasteiger partial charge on any atom is -0.506 e. The van der Waals surface area contributed by atoms with Crippen LogP contribution in [0.1, 0.15) is 22.3 Å². The fourth-order valence-corrected chi connectivity index (χ4v) is 5.30. The van der Waals surface area contributed by atoms with Crippen LogP contribution in [0.3, 0.4) is 0 Å². The van der Waals surface area contributed by atoms with Crippen LogP contribution in [-0.4, -0.2) is 10.2 Å². The molecule has 0 aromatic heterocycles. The van der Waals surface area contributed by atoms with Gasteiger partial charge in [0.2, 0.25) is 0 Å². The molecule has 0 amide bonds. The first kappa shape index (κ1) is 29.0. The lowest BCUT2D eigenvalue weighted by Crippen LogP contribution is -1.97. The molecule has 0 fully saturated rings. The summed E-state index contributed by atoms with van der Waals surface area (Å²) in [5.74, 6) is 11.9. The van der Waals surface area contributed by atoms with Gasteiger partial charge in [0.25, 0.3) is 0 Å². The molecular formula is C40H24N2O4. The van der Waals surface area contributed by atoms with Gasteiger partial charge in [0.1, 0.15) is 34.5 Å². The molecule has 0 aliphatic carbocycles. The second-order valence-electron chi connectivity index (χ2n) is 10.3. The predicted octanol–water partition coefficient (Wildman–Crippen LogP) is 7.75. The van der Waals surface area contributed by atoms with Crippen molar-refractivity contribution in [3.05, 3.63) is 107 Å². The summed E-state index contributed by atoms with van der Waals surface area (Å²) in [5.41, 5.74) is 15.4. The molecule has 46 heavy (non-hydrogen) atoms. The van der Waals surface area contributed by atoms with Gasteiger partial charge >= 0.3 is 0 Å². The second kappa shape index (κ2) is 11.5. The number of phenols is 2. The van der Waals surface area contributed by atoms with Gasteiger partial charge in [0.05, 0.1) is 11.4 Å². The minimum atomic E-state index is -0.133. The first-order valence-corrected chi connectivity index (χ1v) is 13.9. The summed E-state index contributed by atoms with van der Waals surface area (Å²) >= 11 is 0. The number of fused-ring (bicyclic) bond motifs is 2. The van der Waals surface area contributed by atoms with Crippen LogP contribution in [0.25, 0.3) is 32.7 Å². The number of terminal acetylenes is 4. The van der Waals surface area contributed by atoms with Crippen LogP contribution in [-0.2, 0) is 0 Å². The lowest BCUT2D eigenvalue weighted by molar-refractivity contribution is 0.454. The van der Waals surface area contributed by atoms with Crippen molar-refractivity contribution >= 4 is 32.9 Å². The van der Waals surface area contributed by atoms with Crippen LogP contribution < -0.4 is 20.9 Å². The SMILES string of the molecule is C#Cc1cc2ccc(Oc3ccc(N)c(O)c3)c(-c3c(Oc4ccc(N)c(O)c4)ccc4cc(C#C)c(C#C)cc34)c2cc1C#C. The molecule has 0 heterocycles. The quantitative estimate of drug-likeness (QED) is 0.0920. The molecule has 0 aliphatic rings. The topological polar surface area (TPSA) is 111 Å². The van der Waals surface area contributed by atoms with E-state index in [2.05, 4.69) is 23.7 Å². The molecule has 6 nitrogen and oxygen atoms in total. The zero-order valence-electron chi connectivity index (χ0n) is 24.3. The Balaban J connectivity index is 1.75. The van der Waals surface area contributed by atoms with Gasteiger partial charge in [-0.15, -0.1) is 25.7 Å². The van der Waals surface area contributed by atoms with Crippen LogP contribution in [0.2, 0.25) is 0 Å². The van der Waals surface area contributed by atoms with Crippen molar-refractivity contribution in [2.24, 2.45) is 0 Å². The molecule has 0 radical (unpaired) electrons. The monoisotopic (exact) mass is 596 g/mol. The van der Waals surface area contributed by atoms with Gasteiger partial charge in [-0.1, -0.05) is 35.8 Å². The van der Waals surface area contributed by atoms with Gasteiger partial charge < -0.3 is 31.2 Å². The van der Waals surface area contributed by atoms with Crippen LogP contribution in [0.5, 0.6) is 34.5 Å². The van der Waals surface area contributed by atoms with Crippen LogP contribution in [0.4, 0.5) is 11.4 Å². The molecule has 6 aromatic carbocycles. The molecule has 218 valence electrons. The summed E-state index contributed by atoms with van der Waals surface area (Å²) in [5, 5.41) is 23.6. The molecular weight excluding hydrogens is 572 g/mol. The van der Waals surface area contributed by atoms with Crippen molar-refractivity contribution in [3.8, 4) is 95.0 Å². The minimum absolute atomic E-state index is 0.133. The van der Waals surface area contributed by atoms with E-state index < -0.39 is 0 Å². The summed E-state index contributed by atoms with van der Waals surface area (Å²) in [6.45, 7) is 0. The summed E-state index contributed by atoms with van der Waals surface area (Å²) in [7, 11) is 0. The Morgan fingerprint density at radius 1 is 0.478 bits per heavy atom. The first-order valence-electron chi connectivity index (χ1n) is 13.9. The smallest absolute Gasteiger partial charge is 0.142 e. The molecule has 0 aliphatic heterocycles. The van der Waals surface area contributed by atoms with Gasteiger partial charge in [0, 0.05) is 45.5 Å². The van der Waals surface area contributed by atoms with Crippen molar-refractivity contribution in [1.29, 1.82) is 0 Å². The van der Waals surface area contributed by atoms with E-state index in [9.17, 15) is 10.2 Å². The summed E-state index contributed by atoms with van der Waals surface area (Å²) in [6.07, 6.45) is 23.4. The van der Waals surface area contributed by atoms with Crippen molar-refractivity contribution in [2.75, 3.05) is 11.5 Å². The van der Waals surface area contributed by atoms with Gasteiger partial charge in [-0.05, 0) is 82.2 Å². The maximum Gasteiger partial charge on any atom is 0.142 e. The number of aromatic hydroxyl groups is 2. The lowest BCUT2D eigenvalue weighted by Gasteiger charge is -2.21. The molecule has 6 aromatic rings. The maximum absolute atomic E-state index is 10.3.